The van der Waals surface area contributed by atoms with Crippen molar-refractivity contribution >= 4 is 21.6 Å². The number of benzene rings is 1. The van der Waals surface area contributed by atoms with E-state index >= 15 is 0 Å². The number of H-pyrrole nitrogens is 2. The molecule has 3 aromatic rings. The molecule has 0 bridgehead atoms. The number of halogens is 1. The van der Waals surface area contributed by atoms with E-state index in [2.05, 4.69) is 9.97 Å². The summed E-state index contributed by atoms with van der Waals surface area (Å²) >= 11 is 1.59. The number of hydrogen-bond acceptors (Lipinski definition) is 2. The van der Waals surface area contributed by atoms with Crippen LogP contribution >= 0.6 is 11.3 Å². The summed E-state index contributed by atoms with van der Waals surface area (Å²) in [5.74, 6) is 0. The third-order valence-electron chi connectivity index (χ3n) is 2.41. The number of para-hydroxylation sites is 1. The summed E-state index contributed by atoms with van der Waals surface area (Å²) < 4.78 is 1.15. The quantitative estimate of drug-likeness (QED) is 0.565. The Morgan fingerprint density at radius 1 is 1.11 bits per heavy atom. The van der Waals surface area contributed by atoms with Gasteiger partial charge in [0, 0.05) is 12.3 Å². The highest BCUT2D eigenvalue weighted by molar-refractivity contribution is 7.21. The maximum atomic E-state index is 11.6. The van der Waals surface area contributed by atoms with E-state index in [1.807, 2.05) is 36.4 Å². The van der Waals surface area contributed by atoms with Gasteiger partial charge >= 0.3 is 0 Å². The van der Waals surface area contributed by atoms with Gasteiger partial charge in [0.2, 0.25) is 5.52 Å². The molecular formula is C12H11BrN2O2S. The number of pyridine rings is 1. The Labute approximate surface area is 117 Å². The topological polar surface area (TPSA) is 78.5 Å². The minimum absolute atomic E-state index is 0. The molecule has 0 aliphatic carbocycles. The van der Waals surface area contributed by atoms with E-state index in [-0.39, 0.29) is 28.0 Å². The molecule has 0 aliphatic heterocycles. The van der Waals surface area contributed by atoms with Gasteiger partial charge in [-0.15, -0.1) is 0 Å². The molecule has 2 heterocycles. The third kappa shape index (κ3) is 2.50. The molecule has 0 amide bonds. The van der Waals surface area contributed by atoms with Crippen LogP contribution in [0.3, 0.4) is 0 Å². The maximum Gasteiger partial charge on any atom is 0.274 e. The van der Waals surface area contributed by atoms with E-state index in [0.717, 1.165) is 15.2 Å². The molecular weight excluding hydrogens is 316 g/mol. The first-order valence-corrected chi connectivity index (χ1v) is 5.75. The van der Waals surface area contributed by atoms with Gasteiger partial charge in [0.05, 0.1) is 0 Å². The Hall–Kier alpha value is -1.50. The van der Waals surface area contributed by atoms with Crippen LogP contribution in [0.5, 0.6) is 0 Å². The predicted octanol–water partition coefficient (Wildman–Crippen LogP) is -1.75. The van der Waals surface area contributed by atoms with Crippen molar-refractivity contribution in [1.29, 1.82) is 0 Å². The monoisotopic (exact) mass is 326 g/mol. The fourth-order valence-corrected chi connectivity index (χ4v) is 2.67. The molecule has 0 atom stereocenters. The minimum Gasteiger partial charge on any atom is -1.00 e. The standard InChI is InChI=1S/C12H8N2OS.BrH.H2O/c15-11-8(4-3-7-13-11)12-14-9-5-1-2-6-10(9)16-12;;/h1-7H,(H,13,15);1H;1H2. The molecule has 4 N–H and O–H groups in total. The molecule has 3 rings (SSSR count). The first-order chi connectivity index (χ1) is 7.84. The normalized spacial score (nSPS) is 9.56. The Morgan fingerprint density at radius 3 is 2.61 bits per heavy atom. The van der Waals surface area contributed by atoms with Gasteiger partial charge in [-0.05, 0) is 18.2 Å². The summed E-state index contributed by atoms with van der Waals surface area (Å²) in [4.78, 5) is 17.6. The van der Waals surface area contributed by atoms with Crippen LogP contribution in [-0.4, -0.2) is 10.5 Å². The molecule has 18 heavy (non-hydrogen) atoms. The number of hydrogen-bond donors (Lipinski definition) is 1. The van der Waals surface area contributed by atoms with Crippen molar-refractivity contribution in [1.82, 2.24) is 4.98 Å². The lowest BCUT2D eigenvalue weighted by molar-refractivity contribution is -0.325. The van der Waals surface area contributed by atoms with Crippen molar-refractivity contribution < 1.29 is 27.4 Å². The molecule has 0 unspecified atom stereocenters. The van der Waals surface area contributed by atoms with Crippen molar-refractivity contribution in [2.45, 2.75) is 0 Å². The van der Waals surface area contributed by atoms with Gasteiger partial charge in [-0.25, -0.2) is 0 Å². The molecule has 0 spiro atoms. The van der Waals surface area contributed by atoms with E-state index in [1.165, 1.54) is 0 Å². The lowest BCUT2D eigenvalue weighted by Gasteiger charge is -1.87. The Balaban J connectivity index is 0.000000810. The Kier molecular flexibility index (Phi) is 4.77. The second-order valence-electron chi connectivity index (χ2n) is 3.47. The van der Waals surface area contributed by atoms with Crippen LogP contribution < -0.4 is 27.5 Å². The number of thiazole rings is 1. The number of aromatic amines is 2. The highest BCUT2D eigenvalue weighted by Crippen LogP contribution is 2.23. The summed E-state index contributed by atoms with van der Waals surface area (Å²) in [6, 6.07) is 11.7. The first kappa shape index (κ1) is 14.6. The van der Waals surface area contributed by atoms with Crippen molar-refractivity contribution in [2.75, 3.05) is 0 Å². The van der Waals surface area contributed by atoms with E-state index in [9.17, 15) is 4.79 Å². The molecule has 1 aromatic carbocycles. The van der Waals surface area contributed by atoms with Gasteiger partial charge in [-0.3, -0.25) is 4.79 Å². The van der Waals surface area contributed by atoms with Gasteiger partial charge in [-0.2, -0.15) is 4.98 Å². The van der Waals surface area contributed by atoms with Gasteiger partial charge in [0.25, 0.3) is 10.6 Å². The zero-order valence-corrected chi connectivity index (χ0v) is 11.6. The van der Waals surface area contributed by atoms with E-state index in [0.29, 0.717) is 5.56 Å². The van der Waals surface area contributed by atoms with Gasteiger partial charge in [0.15, 0.2) is 0 Å². The Bertz CT molecular complexity index is 675. The van der Waals surface area contributed by atoms with Crippen LogP contribution in [0.1, 0.15) is 0 Å². The fourth-order valence-electron chi connectivity index (χ4n) is 1.64. The summed E-state index contributed by atoms with van der Waals surface area (Å²) in [5.41, 5.74) is 1.68. The van der Waals surface area contributed by atoms with Crippen LogP contribution in [0.15, 0.2) is 47.4 Å². The zero-order chi connectivity index (χ0) is 11.0. The van der Waals surface area contributed by atoms with Crippen LogP contribution in [-0.2, 0) is 0 Å². The number of nitrogens with one attached hydrogen (secondary N) is 2. The molecule has 4 nitrogen and oxygen atoms in total. The smallest absolute Gasteiger partial charge is 0.274 e. The number of rotatable bonds is 1. The average Bonchev–Trinajstić information content (AvgIpc) is 2.73. The lowest BCUT2D eigenvalue weighted by Crippen LogP contribution is -3.00. The molecule has 0 radical (unpaired) electrons. The van der Waals surface area contributed by atoms with Crippen LogP contribution in [0.4, 0.5) is 0 Å². The predicted molar refractivity (Wildman–Crippen MR) is 68.1 cm³/mol. The fraction of sp³-hybridized carbons (Fsp3) is 0. The van der Waals surface area contributed by atoms with Gasteiger partial charge in [-0.1, -0.05) is 23.5 Å². The molecule has 6 heteroatoms. The van der Waals surface area contributed by atoms with Crippen molar-refractivity contribution in [2.24, 2.45) is 0 Å². The van der Waals surface area contributed by atoms with Crippen molar-refractivity contribution in [3.05, 3.63) is 52.9 Å². The Morgan fingerprint density at radius 2 is 1.89 bits per heavy atom. The zero-order valence-electron chi connectivity index (χ0n) is 9.24. The molecule has 2 aromatic heterocycles. The first-order valence-electron chi connectivity index (χ1n) is 4.93. The largest absolute Gasteiger partial charge is 1.00 e. The average molecular weight is 327 g/mol. The van der Waals surface area contributed by atoms with Gasteiger partial charge < -0.3 is 27.4 Å². The second kappa shape index (κ2) is 5.90. The van der Waals surface area contributed by atoms with Gasteiger partial charge in [0.1, 0.15) is 10.3 Å². The van der Waals surface area contributed by atoms with Crippen molar-refractivity contribution in [3.63, 3.8) is 0 Å². The molecule has 0 fully saturated rings. The van der Waals surface area contributed by atoms with E-state index < -0.39 is 0 Å². The van der Waals surface area contributed by atoms with Crippen molar-refractivity contribution in [3.8, 4) is 10.6 Å². The second-order valence-corrected chi connectivity index (χ2v) is 4.52. The maximum absolute atomic E-state index is 11.6. The van der Waals surface area contributed by atoms with Crippen LogP contribution in [0, 0.1) is 0 Å². The van der Waals surface area contributed by atoms with E-state index in [4.69, 9.17) is 0 Å². The number of fused-ring (bicyclic) bond motifs is 1. The van der Waals surface area contributed by atoms with E-state index in [1.54, 1.807) is 17.5 Å². The lowest BCUT2D eigenvalue weighted by atomic mass is 10.3. The minimum atomic E-state index is -0.0645. The van der Waals surface area contributed by atoms with Crippen LogP contribution in [0.2, 0.25) is 0 Å². The molecule has 0 saturated carbocycles. The summed E-state index contributed by atoms with van der Waals surface area (Å²) in [6.45, 7) is 0. The molecule has 94 valence electrons. The summed E-state index contributed by atoms with van der Waals surface area (Å²) in [7, 11) is 0. The highest BCUT2D eigenvalue weighted by atomic mass is 79.9. The molecule has 0 saturated heterocycles. The summed E-state index contributed by atoms with van der Waals surface area (Å²) in [6.07, 6.45) is 1.64. The number of aromatic nitrogens is 2. The third-order valence-corrected chi connectivity index (χ3v) is 3.51. The molecule has 0 aliphatic rings. The summed E-state index contributed by atoms with van der Waals surface area (Å²) in [5, 5.41) is 0.892. The highest BCUT2D eigenvalue weighted by Gasteiger charge is 2.14. The van der Waals surface area contributed by atoms with Crippen LogP contribution in [0.25, 0.3) is 20.8 Å². The SMILES string of the molecule is O.O=c1[nH]cccc1-c1[nH+]c2ccccc2s1.[Br-].